The van der Waals surface area contributed by atoms with Crippen LogP contribution < -0.4 is 0 Å². The van der Waals surface area contributed by atoms with Gasteiger partial charge in [-0.3, -0.25) is 4.79 Å². The maximum Gasteiger partial charge on any atom is 0.253 e. The summed E-state index contributed by atoms with van der Waals surface area (Å²) in [5.41, 5.74) is 0.424. The summed E-state index contributed by atoms with van der Waals surface area (Å²) in [6, 6.07) is 4.53. The van der Waals surface area contributed by atoms with Crippen molar-refractivity contribution < 1.29 is 9.18 Å². The average Bonchev–Trinajstić information content (AvgIpc) is 3.12. The maximum absolute atomic E-state index is 13.4. The third kappa shape index (κ3) is 3.06. The fraction of sp³-hybridized carbons (Fsp3) is 0.462. The number of hydrogen-bond acceptors (Lipinski definition) is 1. The maximum atomic E-state index is 13.4. The van der Waals surface area contributed by atoms with Crippen molar-refractivity contribution in [1.82, 2.24) is 4.90 Å². The monoisotopic (exact) mass is 299 g/mol. The van der Waals surface area contributed by atoms with E-state index in [0.717, 1.165) is 6.54 Å². The molecular weight excluding hydrogens is 285 g/mol. The van der Waals surface area contributed by atoms with E-state index in [-0.39, 0.29) is 5.91 Å². The van der Waals surface area contributed by atoms with Crippen molar-refractivity contribution in [3.8, 4) is 0 Å². The summed E-state index contributed by atoms with van der Waals surface area (Å²) in [5.74, 6) is 0.184. The van der Waals surface area contributed by atoms with Gasteiger partial charge in [-0.25, -0.2) is 4.39 Å². The quantitative estimate of drug-likeness (QED) is 0.834. The second-order valence-electron chi connectivity index (χ2n) is 4.42. The smallest absolute Gasteiger partial charge is 0.253 e. The molecule has 0 spiro atoms. The molecule has 0 unspecified atom stereocenters. The van der Waals surface area contributed by atoms with Crippen LogP contribution in [-0.2, 0) is 0 Å². The Balaban J connectivity index is 2.12. The minimum absolute atomic E-state index is 0.0780. The summed E-state index contributed by atoms with van der Waals surface area (Å²) in [5, 5.41) is 0. The molecule has 0 radical (unpaired) electrons. The van der Waals surface area contributed by atoms with Gasteiger partial charge in [-0.15, -0.1) is 0 Å². The predicted octanol–water partition coefficient (Wildman–Crippen LogP) is 3.46. The minimum atomic E-state index is -0.390. The number of hydrogen-bond donors (Lipinski definition) is 0. The molecule has 0 saturated heterocycles. The summed E-state index contributed by atoms with van der Waals surface area (Å²) in [4.78, 5) is 13.9. The van der Waals surface area contributed by atoms with Gasteiger partial charge in [0.05, 0.1) is 4.47 Å². The van der Waals surface area contributed by atoms with Crippen molar-refractivity contribution in [1.29, 1.82) is 0 Å². The molecule has 4 heteroatoms. The fourth-order valence-electron chi connectivity index (χ4n) is 1.78. The molecule has 2 nitrogen and oxygen atoms in total. The van der Waals surface area contributed by atoms with Crippen molar-refractivity contribution in [2.45, 2.75) is 19.8 Å². The van der Waals surface area contributed by atoms with Crippen molar-refractivity contribution in [3.63, 3.8) is 0 Å². The van der Waals surface area contributed by atoms with Gasteiger partial charge in [0.1, 0.15) is 5.82 Å². The number of carbonyl (C=O) groups is 1. The normalized spacial score (nSPS) is 14.8. The number of halogens is 2. The molecule has 92 valence electrons. The lowest BCUT2D eigenvalue weighted by Crippen LogP contribution is -2.32. The lowest BCUT2D eigenvalue weighted by molar-refractivity contribution is 0.0756. The highest BCUT2D eigenvalue weighted by atomic mass is 79.9. The van der Waals surface area contributed by atoms with Crippen molar-refractivity contribution >= 4 is 21.8 Å². The lowest BCUT2D eigenvalue weighted by Gasteiger charge is -2.20. The van der Waals surface area contributed by atoms with Crippen molar-refractivity contribution in [3.05, 3.63) is 34.1 Å². The Hall–Kier alpha value is -0.900. The van der Waals surface area contributed by atoms with E-state index in [9.17, 15) is 9.18 Å². The van der Waals surface area contributed by atoms with E-state index in [1.807, 2.05) is 6.92 Å². The standard InChI is InChI=1S/C13H15BrFNO/c1-2-16(8-9-3-4-9)13(17)10-5-6-11(14)12(15)7-10/h5-7,9H,2-4,8H2,1H3. The second-order valence-corrected chi connectivity index (χ2v) is 5.27. The van der Waals surface area contributed by atoms with Gasteiger partial charge in [0.25, 0.3) is 5.91 Å². The van der Waals surface area contributed by atoms with Crippen LogP contribution in [0.25, 0.3) is 0 Å². The van der Waals surface area contributed by atoms with Crippen LogP contribution in [0.2, 0.25) is 0 Å². The van der Waals surface area contributed by atoms with Crippen molar-refractivity contribution in [2.75, 3.05) is 13.1 Å². The highest BCUT2D eigenvalue weighted by Gasteiger charge is 2.26. The highest BCUT2D eigenvalue weighted by molar-refractivity contribution is 9.10. The number of amides is 1. The molecule has 17 heavy (non-hydrogen) atoms. The highest BCUT2D eigenvalue weighted by Crippen LogP contribution is 2.30. The van der Waals surface area contributed by atoms with Crippen LogP contribution in [0.15, 0.2) is 22.7 Å². The van der Waals surface area contributed by atoms with Crippen LogP contribution in [0.4, 0.5) is 4.39 Å². The van der Waals surface area contributed by atoms with E-state index in [2.05, 4.69) is 15.9 Å². The summed E-state index contributed by atoms with van der Waals surface area (Å²) >= 11 is 3.08. The lowest BCUT2D eigenvalue weighted by atomic mass is 10.2. The van der Waals surface area contributed by atoms with Crippen LogP contribution in [0, 0.1) is 11.7 Å². The van der Waals surface area contributed by atoms with E-state index in [1.165, 1.54) is 18.9 Å². The zero-order valence-corrected chi connectivity index (χ0v) is 11.3. The SMILES string of the molecule is CCN(CC1CC1)C(=O)c1ccc(Br)c(F)c1. The van der Waals surface area contributed by atoms with Crippen LogP contribution in [0.5, 0.6) is 0 Å². The molecule has 1 aliphatic carbocycles. The van der Waals surface area contributed by atoms with E-state index >= 15 is 0 Å². The Kier molecular flexibility index (Phi) is 3.82. The van der Waals surface area contributed by atoms with E-state index in [4.69, 9.17) is 0 Å². The molecule has 0 N–H and O–H groups in total. The Bertz CT molecular complexity index is 431. The molecule has 0 aromatic heterocycles. The Morgan fingerprint density at radius 2 is 2.24 bits per heavy atom. The first-order valence-corrected chi connectivity index (χ1v) is 6.65. The largest absolute Gasteiger partial charge is 0.339 e. The number of rotatable bonds is 4. The Morgan fingerprint density at radius 3 is 2.76 bits per heavy atom. The molecule has 1 amide bonds. The average molecular weight is 300 g/mol. The predicted molar refractivity (Wildman–Crippen MR) is 68.4 cm³/mol. The van der Waals surface area contributed by atoms with E-state index < -0.39 is 5.82 Å². The van der Waals surface area contributed by atoms with Crippen LogP contribution in [0.3, 0.4) is 0 Å². The molecule has 1 aliphatic rings. The van der Waals surface area contributed by atoms with Crippen LogP contribution in [-0.4, -0.2) is 23.9 Å². The first-order valence-electron chi connectivity index (χ1n) is 5.86. The zero-order valence-electron chi connectivity index (χ0n) is 9.75. The summed E-state index contributed by atoms with van der Waals surface area (Å²) in [7, 11) is 0. The van der Waals surface area contributed by atoms with Gasteiger partial charge in [-0.1, -0.05) is 0 Å². The molecule has 0 atom stereocenters. The summed E-state index contributed by atoms with van der Waals surface area (Å²) in [6.07, 6.45) is 2.41. The van der Waals surface area contributed by atoms with Gasteiger partial charge in [0.15, 0.2) is 0 Å². The van der Waals surface area contributed by atoms with Crippen molar-refractivity contribution in [2.24, 2.45) is 5.92 Å². The molecule has 1 fully saturated rings. The molecule has 2 rings (SSSR count). The molecular formula is C13H15BrFNO. The number of carbonyl (C=O) groups excluding carboxylic acids is 1. The zero-order chi connectivity index (χ0) is 12.4. The third-order valence-electron chi connectivity index (χ3n) is 3.01. The van der Waals surface area contributed by atoms with E-state index in [0.29, 0.717) is 22.5 Å². The van der Waals surface area contributed by atoms with Gasteiger partial charge in [-0.05, 0) is 59.8 Å². The summed E-state index contributed by atoms with van der Waals surface area (Å²) < 4.78 is 13.8. The molecule has 1 aromatic rings. The Labute approximate surface area is 109 Å². The molecule has 0 heterocycles. The fourth-order valence-corrected chi connectivity index (χ4v) is 2.03. The minimum Gasteiger partial charge on any atom is -0.339 e. The summed E-state index contributed by atoms with van der Waals surface area (Å²) in [6.45, 7) is 3.43. The topological polar surface area (TPSA) is 20.3 Å². The molecule has 1 aromatic carbocycles. The Morgan fingerprint density at radius 1 is 1.53 bits per heavy atom. The van der Waals surface area contributed by atoms with Crippen LogP contribution >= 0.6 is 15.9 Å². The van der Waals surface area contributed by atoms with Gasteiger partial charge in [0.2, 0.25) is 0 Å². The van der Waals surface area contributed by atoms with Crippen LogP contribution in [0.1, 0.15) is 30.1 Å². The van der Waals surface area contributed by atoms with E-state index in [1.54, 1.807) is 17.0 Å². The first kappa shape index (κ1) is 12.6. The second kappa shape index (κ2) is 5.17. The van der Waals surface area contributed by atoms with Gasteiger partial charge in [0, 0.05) is 18.7 Å². The number of benzene rings is 1. The van der Waals surface area contributed by atoms with Gasteiger partial charge < -0.3 is 4.90 Å². The third-order valence-corrected chi connectivity index (χ3v) is 3.65. The van der Waals surface area contributed by atoms with Gasteiger partial charge in [-0.2, -0.15) is 0 Å². The molecule has 0 aliphatic heterocycles. The molecule has 1 saturated carbocycles. The first-order chi connectivity index (χ1) is 8.11. The molecule has 0 bridgehead atoms. The number of nitrogens with zero attached hydrogens (tertiary/aromatic N) is 1. The van der Waals surface area contributed by atoms with Gasteiger partial charge >= 0.3 is 0 Å².